The van der Waals surface area contributed by atoms with Gasteiger partial charge in [0.15, 0.2) is 0 Å². The van der Waals surface area contributed by atoms with Crippen molar-refractivity contribution in [1.29, 1.82) is 0 Å². The first-order valence-electron chi connectivity index (χ1n) is 7.10. The Kier molecular flexibility index (Phi) is 4.36. The number of nitrogens with two attached hydrogens (primary N) is 1. The van der Waals surface area contributed by atoms with E-state index < -0.39 is 0 Å². The van der Waals surface area contributed by atoms with E-state index >= 15 is 0 Å². The van der Waals surface area contributed by atoms with Crippen LogP contribution >= 0.6 is 0 Å². The quantitative estimate of drug-likeness (QED) is 0.915. The van der Waals surface area contributed by atoms with Crippen molar-refractivity contribution < 1.29 is 9.47 Å². The Morgan fingerprint density at radius 1 is 1.10 bits per heavy atom. The van der Waals surface area contributed by atoms with Gasteiger partial charge in [-0.05, 0) is 44.9 Å². The number of nitrogen functional groups attached to an aromatic ring is 1. The molecule has 0 saturated carbocycles. The molecule has 112 valence electrons. The second-order valence-electron chi connectivity index (χ2n) is 5.82. The summed E-state index contributed by atoms with van der Waals surface area (Å²) in [4.78, 5) is 4.36. The van der Waals surface area contributed by atoms with Gasteiger partial charge in [-0.1, -0.05) is 25.1 Å². The van der Waals surface area contributed by atoms with Crippen molar-refractivity contribution in [2.75, 3.05) is 5.73 Å². The third-order valence-electron chi connectivity index (χ3n) is 2.84. The summed E-state index contributed by atoms with van der Waals surface area (Å²) in [5.74, 6) is 1.68. The molecule has 0 bridgehead atoms. The summed E-state index contributed by atoms with van der Waals surface area (Å²) in [6, 6.07) is 11.4. The van der Waals surface area contributed by atoms with E-state index in [-0.39, 0.29) is 5.60 Å². The number of nitrogens with zero attached hydrogens (tertiary/aromatic N) is 1. The molecule has 4 nitrogen and oxygen atoms in total. The molecular formula is C17H22N2O2. The lowest BCUT2D eigenvalue weighted by Gasteiger charge is -2.21. The Hall–Kier alpha value is -2.23. The lowest BCUT2D eigenvalue weighted by atomic mass is 10.1. The van der Waals surface area contributed by atoms with Gasteiger partial charge in [0.05, 0.1) is 5.69 Å². The Balaban J connectivity index is 2.27. The lowest BCUT2D eigenvalue weighted by molar-refractivity contribution is 0.124. The first-order valence-corrected chi connectivity index (χ1v) is 7.10. The summed E-state index contributed by atoms with van der Waals surface area (Å²) < 4.78 is 11.6. The van der Waals surface area contributed by atoms with E-state index in [4.69, 9.17) is 15.2 Å². The maximum Gasteiger partial charge on any atom is 0.241 e. The molecule has 1 aromatic carbocycles. The molecule has 0 aliphatic carbocycles. The SMILES string of the molecule is CCc1ccccc1Oc1ccc(N)c(OC(C)(C)C)n1. The van der Waals surface area contributed by atoms with Gasteiger partial charge < -0.3 is 15.2 Å². The highest BCUT2D eigenvalue weighted by atomic mass is 16.5. The summed E-state index contributed by atoms with van der Waals surface area (Å²) in [6.07, 6.45) is 0.899. The molecule has 0 spiro atoms. The van der Waals surface area contributed by atoms with Gasteiger partial charge in [-0.2, -0.15) is 4.98 Å². The zero-order valence-electron chi connectivity index (χ0n) is 13.0. The van der Waals surface area contributed by atoms with Crippen LogP contribution in [-0.4, -0.2) is 10.6 Å². The molecule has 0 amide bonds. The van der Waals surface area contributed by atoms with Crippen LogP contribution in [0.4, 0.5) is 5.69 Å². The molecule has 2 rings (SSSR count). The maximum absolute atomic E-state index is 5.90. The molecule has 0 atom stereocenters. The van der Waals surface area contributed by atoms with Crippen LogP contribution in [0.2, 0.25) is 0 Å². The number of anilines is 1. The molecule has 0 unspecified atom stereocenters. The number of para-hydroxylation sites is 1. The fraction of sp³-hybridized carbons (Fsp3) is 0.353. The predicted molar refractivity (Wildman–Crippen MR) is 84.9 cm³/mol. The highest BCUT2D eigenvalue weighted by molar-refractivity contribution is 5.50. The Morgan fingerprint density at radius 3 is 2.48 bits per heavy atom. The van der Waals surface area contributed by atoms with Gasteiger partial charge in [0.1, 0.15) is 11.4 Å². The van der Waals surface area contributed by atoms with Gasteiger partial charge in [-0.3, -0.25) is 0 Å². The third-order valence-corrected chi connectivity index (χ3v) is 2.84. The number of ether oxygens (including phenoxy) is 2. The van der Waals surface area contributed by atoms with Crippen molar-refractivity contribution in [3.63, 3.8) is 0 Å². The minimum Gasteiger partial charge on any atom is -0.470 e. The Morgan fingerprint density at radius 2 is 1.81 bits per heavy atom. The second-order valence-corrected chi connectivity index (χ2v) is 5.82. The normalized spacial score (nSPS) is 11.2. The van der Waals surface area contributed by atoms with E-state index in [9.17, 15) is 0 Å². The number of benzene rings is 1. The van der Waals surface area contributed by atoms with Crippen LogP contribution in [0.15, 0.2) is 36.4 Å². The fourth-order valence-electron chi connectivity index (χ4n) is 1.87. The summed E-state index contributed by atoms with van der Waals surface area (Å²) in [7, 11) is 0. The van der Waals surface area contributed by atoms with Crippen LogP contribution in [0.5, 0.6) is 17.5 Å². The van der Waals surface area contributed by atoms with Gasteiger partial charge in [0.2, 0.25) is 11.8 Å². The average Bonchev–Trinajstić information content (AvgIpc) is 2.41. The molecule has 21 heavy (non-hydrogen) atoms. The van der Waals surface area contributed by atoms with E-state index in [2.05, 4.69) is 11.9 Å². The molecular weight excluding hydrogens is 264 g/mol. The first kappa shape index (κ1) is 15.2. The summed E-state index contributed by atoms with van der Waals surface area (Å²) >= 11 is 0. The van der Waals surface area contributed by atoms with Gasteiger partial charge in [0, 0.05) is 6.07 Å². The van der Waals surface area contributed by atoms with E-state index in [0.29, 0.717) is 17.4 Å². The summed E-state index contributed by atoms with van der Waals surface area (Å²) in [5.41, 5.74) is 7.18. The Bertz CT molecular complexity index is 618. The van der Waals surface area contributed by atoms with Crippen LogP contribution in [0.1, 0.15) is 33.3 Å². The number of hydrogen-bond donors (Lipinski definition) is 1. The van der Waals surface area contributed by atoms with Crippen LogP contribution < -0.4 is 15.2 Å². The van der Waals surface area contributed by atoms with E-state index in [1.165, 1.54) is 0 Å². The third kappa shape index (κ3) is 4.12. The van der Waals surface area contributed by atoms with Crippen molar-refractivity contribution in [2.45, 2.75) is 39.7 Å². The van der Waals surface area contributed by atoms with Crippen LogP contribution in [0.3, 0.4) is 0 Å². The van der Waals surface area contributed by atoms with Crippen molar-refractivity contribution in [1.82, 2.24) is 4.98 Å². The lowest BCUT2D eigenvalue weighted by Crippen LogP contribution is -2.24. The van der Waals surface area contributed by atoms with Gasteiger partial charge in [-0.15, -0.1) is 0 Å². The van der Waals surface area contributed by atoms with Crippen molar-refractivity contribution in [3.8, 4) is 17.5 Å². The molecule has 0 saturated heterocycles. The van der Waals surface area contributed by atoms with E-state index in [1.807, 2.05) is 45.0 Å². The largest absolute Gasteiger partial charge is 0.470 e. The fourth-order valence-corrected chi connectivity index (χ4v) is 1.87. The summed E-state index contributed by atoms with van der Waals surface area (Å²) in [6.45, 7) is 7.95. The van der Waals surface area contributed by atoms with Crippen molar-refractivity contribution in [2.24, 2.45) is 0 Å². The zero-order valence-corrected chi connectivity index (χ0v) is 13.0. The maximum atomic E-state index is 5.90. The molecule has 0 aliphatic rings. The van der Waals surface area contributed by atoms with Crippen molar-refractivity contribution in [3.05, 3.63) is 42.0 Å². The molecule has 1 heterocycles. The highest BCUT2D eigenvalue weighted by Gasteiger charge is 2.16. The zero-order chi connectivity index (χ0) is 15.5. The topological polar surface area (TPSA) is 57.4 Å². The van der Waals surface area contributed by atoms with Crippen LogP contribution in [-0.2, 0) is 6.42 Å². The predicted octanol–water partition coefficient (Wildman–Crippen LogP) is 4.20. The number of hydrogen-bond acceptors (Lipinski definition) is 4. The van der Waals surface area contributed by atoms with Gasteiger partial charge in [-0.25, -0.2) is 0 Å². The molecule has 1 aromatic heterocycles. The second kappa shape index (κ2) is 6.04. The van der Waals surface area contributed by atoms with Crippen LogP contribution in [0.25, 0.3) is 0 Å². The van der Waals surface area contributed by atoms with Crippen molar-refractivity contribution >= 4 is 5.69 Å². The average molecular weight is 286 g/mol. The number of rotatable bonds is 4. The minimum absolute atomic E-state index is 0.360. The van der Waals surface area contributed by atoms with E-state index in [1.54, 1.807) is 12.1 Å². The molecule has 0 fully saturated rings. The van der Waals surface area contributed by atoms with Gasteiger partial charge in [0.25, 0.3) is 0 Å². The number of pyridine rings is 1. The molecule has 0 radical (unpaired) electrons. The minimum atomic E-state index is -0.360. The summed E-state index contributed by atoms with van der Waals surface area (Å²) in [5, 5.41) is 0. The molecule has 2 N–H and O–H groups in total. The highest BCUT2D eigenvalue weighted by Crippen LogP contribution is 2.29. The first-order chi connectivity index (χ1) is 9.89. The monoisotopic (exact) mass is 286 g/mol. The number of aromatic nitrogens is 1. The molecule has 0 aliphatic heterocycles. The van der Waals surface area contributed by atoms with Gasteiger partial charge >= 0.3 is 0 Å². The smallest absolute Gasteiger partial charge is 0.241 e. The number of aryl methyl sites for hydroxylation is 1. The van der Waals surface area contributed by atoms with Crippen LogP contribution in [0, 0.1) is 0 Å². The standard InChI is InChI=1S/C17H22N2O2/c1-5-12-8-6-7-9-14(12)20-15-11-10-13(18)16(19-15)21-17(2,3)4/h6-11H,5,18H2,1-4H3. The molecule has 4 heteroatoms. The van der Waals surface area contributed by atoms with E-state index in [0.717, 1.165) is 17.7 Å². The molecule has 2 aromatic rings. The Labute approximate surface area is 125 Å².